The van der Waals surface area contributed by atoms with Crippen molar-refractivity contribution in [2.24, 2.45) is 0 Å². The number of furan rings is 3. The third-order valence-electron chi connectivity index (χ3n) is 16.5. The van der Waals surface area contributed by atoms with Crippen molar-refractivity contribution in [3.05, 3.63) is 254 Å². The third-order valence-corrected chi connectivity index (χ3v) is 16.5. The van der Waals surface area contributed by atoms with Crippen LogP contribution in [0.5, 0.6) is 0 Å². The van der Waals surface area contributed by atoms with Gasteiger partial charge in [-0.2, -0.15) is 0 Å². The quantitative estimate of drug-likeness (QED) is 0.152. The summed E-state index contributed by atoms with van der Waals surface area (Å²) in [7, 11) is 0. The van der Waals surface area contributed by atoms with E-state index < -0.39 is 0 Å². The van der Waals surface area contributed by atoms with Gasteiger partial charge >= 0.3 is 0 Å². The second-order valence-electron chi connectivity index (χ2n) is 23.7. The molecule has 0 spiro atoms. The highest BCUT2D eigenvalue weighted by atomic mass is 16.3. The fraction of sp³-hybridized carbons (Fsp3) is 0.105. The summed E-state index contributed by atoms with van der Waals surface area (Å²) in [5, 5.41) is 11.1. The minimum atomic E-state index is -0.103. The summed E-state index contributed by atoms with van der Waals surface area (Å²) in [5.74, 6) is 0. The summed E-state index contributed by atoms with van der Waals surface area (Å²) in [5.41, 5.74) is 18.2. The number of fused-ring (bicyclic) bond motifs is 13. The minimum absolute atomic E-state index is 0.103. The Morgan fingerprint density at radius 2 is 0.630 bits per heavy atom. The molecule has 5 heteroatoms. The van der Waals surface area contributed by atoms with Gasteiger partial charge in [0, 0.05) is 66.2 Å². The van der Waals surface area contributed by atoms with Crippen molar-refractivity contribution in [2.75, 3.05) is 9.80 Å². The van der Waals surface area contributed by atoms with Crippen LogP contribution in [0.3, 0.4) is 0 Å². The maximum absolute atomic E-state index is 7.06. The molecule has 0 N–H and O–H groups in total. The molecule has 3 aromatic heterocycles. The normalized spacial score (nSPS) is 12.3. The van der Waals surface area contributed by atoms with Gasteiger partial charge in [0.25, 0.3) is 0 Å². The van der Waals surface area contributed by atoms with E-state index in [4.69, 9.17) is 13.3 Å². The Morgan fingerprint density at radius 1 is 0.272 bits per heavy atom. The van der Waals surface area contributed by atoms with Crippen LogP contribution in [0.4, 0.5) is 34.1 Å². The number of benzene rings is 12. The molecule has 0 aliphatic carbocycles. The van der Waals surface area contributed by atoms with Gasteiger partial charge in [-0.05, 0) is 127 Å². The first-order chi connectivity index (χ1) is 39.4. The number of rotatable bonds is 8. The van der Waals surface area contributed by atoms with Crippen LogP contribution in [0.25, 0.3) is 110 Å². The molecule has 0 amide bonds. The molecule has 0 radical (unpaired) electrons. The van der Waals surface area contributed by atoms with Gasteiger partial charge in [0.15, 0.2) is 11.2 Å². The third kappa shape index (κ3) is 7.98. The van der Waals surface area contributed by atoms with Crippen molar-refractivity contribution in [2.45, 2.75) is 52.4 Å². The molecule has 0 aliphatic heterocycles. The first-order valence-corrected chi connectivity index (χ1v) is 28.1. The fourth-order valence-corrected chi connectivity index (χ4v) is 12.5. The lowest BCUT2D eigenvalue weighted by Gasteiger charge is -2.26. The second kappa shape index (κ2) is 18.4. The number of hydrogen-bond acceptors (Lipinski definition) is 5. The van der Waals surface area contributed by atoms with Gasteiger partial charge in [0.05, 0.1) is 11.4 Å². The highest BCUT2D eigenvalue weighted by Gasteiger charge is 2.27. The molecular weight excluding hydrogens is 989 g/mol. The summed E-state index contributed by atoms with van der Waals surface area (Å²) in [6.45, 7) is 13.5. The largest absolute Gasteiger partial charge is 0.456 e. The first kappa shape index (κ1) is 48.3. The van der Waals surface area contributed by atoms with Gasteiger partial charge in [-0.1, -0.05) is 211 Å². The van der Waals surface area contributed by atoms with E-state index in [2.05, 4.69) is 294 Å². The number of anilines is 6. The summed E-state index contributed by atoms with van der Waals surface area (Å²) in [6.07, 6.45) is 0. The number of hydrogen-bond donors (Lipinski definition) is 0. The van der Waals surface area contributed by atoms with Crippen molar-refractivity contribution in [1.82, 2.24) is 0 Å². The van der Waals surface area contributed by atoms with Crippen molar-refractivity contribution >= 4 is 121 Å². The average Bonchev–Trinajstić information content (AvgIpc) is 4.34. The Kier molecular flexibility index (Phi) is 11.0. The second-order valence-corrected chi connectivity index (χ2v) is 23.7. The highest BCUT2D eigenvalue weighted by Crippen LogP contribution is 2.49. The Bertz CT molecular complexity index is 4620. The Hall–Kier alpha value is -9.84. The monoisotopic (exact) mass is 1050 g/mol. The predicted octanol–water partition coefficient (Wildman–Crippen LogP) is 22.6. The van der Waals surface area contributed by atoms with Gasteiger partial charge in [0.2, 0.25) is 0 Å². The zero-order valence-electron chi connectivity index (χ0n) is 46.2. The van der Waals surface area contributed by atoms with Crippen LogP contribution in [0.15, 0.2) is 256 Å². The van der Waals surface area contributed by atoms with Gasteiger partial charge in [0.1, 0.15) is 22.3 Å². The van der Waals surface area contributed by atoms with Crippen LogP contribution < -0.4 is 9.80 Å². The lowest BCUT2D eigenvalue weighted by Crippen LogP contribution is -2.11. The van der Waals surface area contributed by atoms with Crippen LogP contribution in [-0.4, -0.2) is 0 Å². The van der Waals surface area contributed by atoms with Crippen molar-refractivity contribution in [1.29, 1.82) is 0 Å². The average molecular weight is 1050 g/mol. The van der Waals surface area contributed by atoms with Crippen LogP contribution in [0.2, 0.25) is 0 Å². The molecule has 0 fully saturated rings. The first-order valence-electron chi connectivity index (χ1n) is 28.1. The summed E-state index contributed by atoms with van der Waals surface area (Å²) in [6, 6.07) is 87.4. The molecule has 15 rings (SSSR count). The molecule has 5 nitrogen and oxygen atoms in total. The molecule has 390 valence electrons. The molecular formula is C76H58N2O3. The molecule has 0 unspecified atom stereocenters. The van der Waals surface area contributed by atoms with Gasteiger partial charge in [-0.25, -0.2) is 0 Å². The zero-order chi connectivity index (χ0) is 54.7. The van der Waals surface area contributed by atoms with Gasteiger partial charge in [-0.3, -0.25) is 0 Å². The van der Waals surface area contributed by atoms with E-state index in [1.54, 1.807) is 0 Å². The Morgan fingerprint density at radius 3 is 1.02 bits per heavy atom. The molecule has 12 aromatic carbocycles. The molecule has 0 saturated heterocycles. The molecule has 0 atom stereocenters. The van der Waals surface area contributed by atoms with E-state index in [0.29, 0.717) is 0 Å². The topological polar surface area (TPSA) is 45.9 Å². The van der Waals surface area contributed by atoms with Crippen LogP contribution >= 0.6 is 0 Å². The standard InChI is InChI=1S/C76H58N2O3/c1-75(2,3)63-25-13-21-59-61-23-15-27-65(73(61)80-71(59)63)77(53-35-29-49(30-36-53)47-17-9-7-10-18-47)55-39-41-57-51(45-55)33-43-67-69(57)70-58-42-40-56(46-52(58)34-44-68(70)79-67)78(54-37-31-50(32-38-54)48-19-11-8-12-20-48)66-28-16-24-62-60-22-14-26-64(76(4,5)6)72(60)81-74(62)66/h7-46H,1-6H3. The fourth-order valence-electron chi connectivity index (χ4n) is 12.5. The van der Waals surface area contributed by atoms with E-state index >= 15 is 0 Å². The van der Waals surface area contributed by atoms with E-state index in [0.717, 1.165) is 133 Å². The molecule has 81 heavy (non-hydrogen) atoms. The number of para-hydroxylation sites is 4. The van der Waals surface area contributed by atoms with Gasteiger partial charge in [-0.15, -0.1) is 0 Å². The minimum Gasteiger partial charge on any atom is -0.456 e. The summed E-state index contributed by atoms with van der Waals surface area (Å²) >= 11 is 0. The van der Waals surface area contributed by atoms with Crippen molar-refractivity contribution in [3.63, 3.8) is 0 Å². The van der Waals surface area contributed by atoms with Crippen LogP contribution in [-0.2, 0) is 10.8 Å². The van der Waals surface area contributed by atoms with E-state index in [1.807, 2.05) is 0 Å². The molecule has 3 heterocycles. The van der Waals surface area contributed by atoms with Crippen LogP contribution in [0, 0.1) is 0 Å². The molecule has 15 aromatic rings. The van der Waals surface area contributed by atoms with E-state index in [-0.39, 0.29) is 10.8 Å². The van der Waals surface area contributed by atoms with Crippen molar-refractivity contribution < 1.29 is 13.3 Å². The lowest BCUT2D eigenvalue weighted by molar-refractivity contribution is 0.572. The Labute approximate surface area is 470 Å². The molecule has 0 aliphatic rings. The SMILES string of the molecule is CC(C)(C)c1cccc2c1oc1c(N(c3ccc(-c4ccccc4)cc3)c3ccc4c(ccc5oc6ccc7cc(N(c8ccc(-c9ccccc9)cc8)c8cccc9c8oc8c(C(C)(C)C)cccc89)ccc7c6c54)c3)cccc12. The van der Waals surface area contributed by atoms with Crippen molar-refractivity contribution in [3.8, 4) is 22.3 Å². The van der Waals surface area contributed by atoms with E-state index in [1.165, 1.54) is 22.3 Å². The zero-order valence-corrected chi connectivity index (χ0v) is 46.2. The number of nitrogens with zero attached hydrogens (tertiary/aromatic N) is 2. The lowest BCUT2D eigenvalue weighted by atomic mass is 9.86. The predicted molar refractivity (Wildman–Crippen MR) is 341 cm³/mol. The van der Waals surface area contributed by atoms with Crippen LogP contribution in [0.1, 0.15) is 52.7 Å². The summed E-state index contributed by atoms with van der Waals surface area (Å²) < 4.78 is 20.9. The van der Waals surface area contributed by atoms with E-state index in [9.17, 15) is 0 Å². The van der Waals surface area contributed by atoms with Gasteiger partial charge < -0.3 is 23.1 Å². The Balaban J connectivity index is 0.891. The smallest absolute Gasteiger partial charge is 0.159 e. The maximum Gasteiger partial charge on any atom is 0.159 e. The molecule has 0 saturated carbocycles. The highest BCUT2D eigenvalue weighted by molar-refractivity contribution is 6.27. The summed E-state index contributed by atoms with van der Waals surface area (Å²) in [4.78, 5) is 4.70. The maximum atomic E-state index is 7.06. The molecule has 0 bridgehead atoms.